The van der Waals surface area contributed by atoms with Crippen molar-refractivity contribution in [2.45, 2.75) is 144 Å². The number of carbonyl (C=O) groups excluding carboxylic acids is 1. The standard InChI is InChI=1S/C32H54O4/c1-20(9-12-25(34)28(5,6)35)22-13-15-30(8)24-11-10-23-27(3,4)26(36-21(2)33)14-16-31(23)19-32(24,31)18-17-29(22,30)7/h20,22-26,34-35H,9-19H2,1-8H3/t20-,22?,23?,24?,25?,26+,29-,30+,31-,32+/m1/s1. The van der Waals surface area contributed by atoms with Crippen LogP contribution in [0.2, 0.25) is 0 Å². The van der Waals surface area contributed by atoms with Gasteiger partial charge in [-0.25, -0.2) is 0 Å². The van der Waals surface area contributed by atoms with Crippen molar-refractivity contribution >= 4 is 5.97 Å². The van der Waals surface area contributed by atoms with Crippen LogP contribution in [0.25, 0.3) is 0 Å². The first-order chi connectivity index (χ1) is 16.6. The van der Waals surface area contributed by atoms with Gasteiger partial charge in [0.2, 0.25) is 0 Å². The molecular weight excluding hydrogens is 448 g/mol. The number of ether oxygens (including phenoxy) is 1. The van der Waals surface area contributed by atoms with Gasteiger partial charge in [0.1, 0.15) is 6.10 Å². The van der Waals surface area contributed by atoms with E-state index in [0.29, 0.717) is 45.8 Å². The lowest BCUT2D eigenvalue weighted by Crippen LogP contribution is -2.58. The minimum atomic E-state index is -1.02. The first kappa shape index (κ1) is 27.0. The van der Waals surface area contributed by atoms with Crippen molar-refractivity contribution in [1.82, 2.24) is 0 Å². The fourth-order valence-corrected chi connectivity index (χ4v) is 11.7. The lowest BCUT2D eigenvalue weighted by Gasteiger charge is -2.63. The Morgan fingerprint density at radius 1 is 0.917 bits per heavy atom. The maximum atomic E-state index is 11.8. The second-order valence-electron chi connectivity index (χ2n) is 15.8. The van der Waals surface area contributed by atoms with Gasteiger partial charge in [-0.15, -0.1) is 0 Å². The maximum Gasteiger partial charge on any atom is 0.302 e. The van der Waals surface area contributed by atoms with Gasteiger partial charge in [0.05, 0.1) is 11.7 Å². The zero-order chi connectivity index (χ0) is 26.5. The Kier molecular flexibility index (Phi) is 6.14. The molecule has 36 heavy (non-hydrogen) atoms. The summed E-state index contributed by atoms with van der Waals surface area (Å²) in [5.41, 5.74) is 0.784. The molecule has 4 unspecified atom stereocenters. The highest BCUT2D eigenvalue weighted by molar-refractivity contribution is 5.66. The fourth-order valence-electron chi connectivity index (χ4n) is 11.7. The van der Waals surface area contributed by atoms with Crippen LogP contribution in [0.5, 0.6) is 0 Å². The molecule has 4 nitrogen and oxygen atoms in total. The molecule has 5 aliphatic rings. The number of carbonyl (C=O) groups is 1. The van der Waals surface area contributed by atoms with E-state index >= 15 is 0 Å². The van der Waals surface area contributed by atoms with Gasteiger partial charge in [-0.05, 0) is 130 Å². The summed E-state index contributed by atoms with van der Waals surface area (Å²) in [6, 6.07) is 0. The zero-order valence-corrected chi connectivity index (χ0v) is 24.5. The summed E-state index contributed by atoms with van der Waals surface area (Å²) in [6.45, 7) is 17.5. The molecular formula is C32H54O4. The number of aliphatic hydroxyl groups is 2. The average Bonchev–Trinajstić information content (AvgIpc) is 3.35. The highest BCUT2D eigenvalue weighted by Crippen LogP contribution is 2.89. The van der Waals surface area contributed by atoms with Crippen molar-refractivity contribution in [1.29, 1.82) is 0 Å². The van der Waals surface area contributed by atoms with E-state index in [-0.39, 0.29) is 17.5 Å². The zero-order valence-electron chi connectivity index (χ0n) is 24.5. The molecule has 0 amide bonds. The van der Waals surface area contributed by atoms with Crippen LogP contribution < -0.4 is 0 Å². The number of rotatable bonds is 6. The third kappa shape index (κ3) is 3.48. The third-order valence-electron chi connectivity index (χ3n) is 13.8. The Hall–Kier alpha value is -0.610. The topological polar surface area (TPSA) is 66.8 Å². The summed E-state index contributed by atoms with van der Waals surface area (Å²) in [5.74, 6) is 2.65. The van der Waals surface area contributed by atoms with E-state index in [1.165, 1.54) is 51.4 Å². The van der Waals surface area contributed by atoms with Crippen molar-refractivity contribution in [2.75, 3.05) is 0 Å². The lowest BCUT2D eigenvalue weighted by atomic mass is 9.41. The van der Waals surface area contributed by atoms with Crippen LogP contribution >= 0.6 is 0 Å². The predicted molar refractivity (Wildman–Crippen MR) is 143 cm³/mol. The minimum absolute atomic E-state index is 0.0636. The van der Waals surface area contributed by atoms with Gasteiger partial charge < -0.3 is 14.9 Å². The molecule has 4 heteroatoms. The Morgan fingerprint density at radius 2 is 1.56 bits per heavy atom. The molecule has 5 rings (SSSR count). The first-order valence-electron chi connectivity index (χ1n) is 15.1. The van der Waals surface area contributed by atoms with Crippen LogP contribution in [0.3, 0.4) is 0 Å². The number of fused-ring (bicyclic) bond motifs is 2. The predicted octanol–water partition coefficient (Wildman–Crippen LogP) is 6.91. The summed E-state index contributed by atoms with van der Waals surface area (Å²) in [6.07, 6.45) is 12.8. The van der Waals surface area contributed by atoms with Gasteiger partial charge in [-0.1, -0.05) is 34.6 Å². The third-order valence-corrected chi connectivity index (χ3v) is 13.8. The van der Waals surface area contributed by atoms with Crippen molar-refractivity contribution < 1.29 is 19.7 Å². The monoisotopic (exact) mass is 502 g/mol. The molecule has 0 saturated heterocycles. The van der Waals surface area contributed by atoms with E-state index < -0.39 is 11.7 Å². The van der Waals surface area contributed by atoms with E-state index in [0.717, 1.165) is 18.8 Å². The van der Waals surface area contributed by atoms with Crippen LogP contribution in [-0.2, 0) is 9.53 Å². The smallest absolute Gasteiger partial charge is 0.302 e. The fraction of sp³-hybridized carbons (Fsp3) is 0.969. The highest BCUT2D eigenvalue weighted by atomic mass is 16.5. The van der Waals surface area contributed by atoms with E-state index in [9.17, 15) is 15.0 Å². The molecule has 5 saturated carbocycles. The second kappa shape index (κ2) is 8.20. The van der Waals surface area contributed by atoms with Crippen molar-refractivity contribution in [2.24, 2.45) is 50.7 Å². The largest absolute Gasteiger partial charge is 0.462 e. The average molecular weight is 503 g/mol. The van der Waals surface area contributed by atoms with Crippen molar-refractivity contribution in [3.63, 3.8) is 0 Å². The second-order valence-corrected chi connectivity index (χ2v) is 15.8. The van der Waals surface area contributed by atoms with E-state index in [1.807, 2.05) is 0 Å². The van der Waals surface area contributed by atoms with Gasteiger partial charge in [-0.2, -0.15) is 0 Å². The van der Waals surface area contributed by atoms with E-state index in [2.05, 4.69) is 34.6 Å². The van der Waals surface area contributed by atoms with Crippen LogP contribution in [0.15, 0.2) is 0 Å². The number of aliphatic hydroxyl groups excluding tert-OH is 1. The molecule has 5 fully saturated rings. The summed E-state index contributed by atoms with van der Waals surface area (Å²) < 4.78 is 5.89. The maximum absolute atomic E-state index is 11.8. The first-order valence-corrected chi connectivity index (χ1v) is 15.1. The van der Waals surface area contributed by atoms with Crippen molar-refractivity contribution in [3.8, 4) is 0 Å². The minimum Gasteiger partial charge on any atom is -0.462 e. The Morgan fingerprint density at radius 3 is 2.19 bits per heavy atom. The van der Waals surface area contributed by atoms with Gasteiger partial charge in [0.15, 0.2) is 0 Å². The molecule has 0 radical (unpaired) electrons. The molecule has 0 aromatic carbocycles. The van der Waals surface area contributed by atoms with Crippen molar-refractivity contribution in [3.05, 3.63) is 0 Å². The van der Waals surface area contributed by atoms with Gasteiger partial charge in [-0.3, -0.25) is 4.79 Å². The number of esters is 1. The van der Waals surface area contributed by atoms with E-state index in [4.69, 9.17) is 4.74 Å². The SMILES string of the molecule is CC(=O)O[C@H]1CC[C@]23C[C@]24CC[C@]2(C)C([C@H](C)CCC(O)C(C)(C)O)CC[C@@]2(C)C4CCC3C1(C)C. The molecule has 0 aliphatic heterocycles. The molecule has 5 aliphatic carbocycles. The quantitative estimate of drug-likeness (QED) is 0.388. The summed E-state index contributed by atoms with van der Waals surface area (Å²) in [7, 11) is 0. The molecule has 0 bridgehead atoms. The molecule has 0 heterocycles. The molecule has 0 aromatic rings. The lowest BCUT2D eigenvalue weighted by molar-refractivity contribution is -0.181. The van der Waals surface area contributed by atoms with Crippen LogP contribution in [0.4, 0.5) is 0 Å². The van der Waals surface area contributed by atoms with Crippen LogP contribution in [0.1, 0.15) is 126 Å². The van der Waals surface area contributed by atoms with Gasteiger partial charge >= 0.3 is 5.97 Å². The Balaban J connectivity index is 1.35. The number of hydrogen-bond donors (Lipinski definition) is 2. The molecule has 0 aromatic heterocycles. The molecule has 2 N–H and O–H groups in total. The normalized spacial score (nSPS) is 48.6. The highest BCUT2D eigenvalue weighted by Gasteiger charge is 2.82. The Bertz CT molecular complexity index is 889. The van der Waals surface area contributed by atoms with Crippen LogP contribution in [-0.4, -0.2) is 34.0 Å². The summed E-state index contributed by atoms with van der Waals surface area (Å²) in [5, 5.41) is 20.7. The molecule has 206 valence electrons. The molecule has 10 atom stereocenters. The number of hydrogen-bond acceptors (Lipinski definition) is 4. The summed E-state index contributed by atoms with van der Waals surface area (Å²) >= 11 is 0. The summed E-state index contributed by atoms with van der Waals surface area (Å²) in [4.78, 5) is 11.8. The van der Waals surface area contributed by atoms with E-state index in [1.54, 1.807) is 20.8 Å². The van der Waals surface area contributed by atoms with Gasteiger partial charge in [0, 0.05) is 12.3 Å². The van der Waals surface area contributed by atoms with Crippen LogP contribution in [0, 0.1) is 50.7 Å². The Labute approximate surface area is 220 Å². The molecule has 2 spiro atoms. The van der Waals surface area contributed by atoms with Gasteiger partial charge in [0.25, 0.3) is 0 Å².